The second kappa shape index (κ2) is 8.48. The minimum absolute atomic E-state index is 0.0915. The molecule has 2 amide bonds. The van der Waals surface area contributed by atoms with Gasteiger partial charge >= 0.3 is 5.97 Å². The molecule has 7 nitrogen and oxygen atoms in total. The molecule has 1 heterocycles. The summed E-state index contributed by atoms with van der Waals surface area (Å²) in [5, 5.41) is 0.474. The second-order valence-corrected chi connectivity index (χ2v) is 6.34. The van der Waals surface area contributed by atoms with Crippen molar-refractivity contribution in [3.05, 3.63) is 95.6 Å². The van der Waals surface area contributed by atoms with E-state index in [1.165, 1.54) is 18.2 Å². The van der Waals surface area contributed by atoms with Crippen LogP contribution in [0.5, 0.6) is 11.5 Å². The highest BCUT2D eigenvalue weighted by atomic mass is 16.7. The van der Waals surface area contributed by atoms with E-state index < -0.39 is 17.8 Å². The first kappa shape index (κ1) is 19.2. The minimum Gasteiger partial charge on any atom is -0.490 e. The monoisotopic (exact) mass is 403 g/mol. The Bertz CT molecular complexity index is 1060. The Hall–Kier alpha value is -4.13. The Morgan fingerprint density at radius 3 is 1.97 bits per heavy atom. The molecule has 0 fully saturated rings. The maximum Gasteiger partial charge on any atom is 0.367 e. The Kier molecular flexibility index (Phi) is 5.43. The van der Waals surface area contributed by atoms with Crippen LogP contribution in [0.25, 0.3) is 0 Å². The van der Waals surface area contributed by atoms with Gasteiger partial charge in [0.15, 0.2) is 0 Å². The number of ether oxygens (including phenoxy) is 2. The number of carbonyl (C=O) groups is 3. The van der Waals surface area contributed by atoms with Gasteiger partial charge in [0.25, 0.3) is 11.8 Å². The third-order valence-electron chi connectivity index (χ3n) is 4.39. The molecule has 0 radical (unpaired) electrons. The summed E-state index contributed by atoms with van der Waals surface area (Å²) in [7, 11) is 0. The number of hydrogen-bond donors (Lipinski definition) is 0. The van der Waals surface area contributed by atoms with Gasteiger partial charge in [-0.25, -0.2) is 4.79 Å². The van der Waals surface area contributed by atoms with Crippen LogP contribution in [0.4, 0.5) is 0 Å². The highest BCUT2D eigenvalue weighted by molar-refractivity contribution is 6.21. The van der Waals surface area contributed by atoms with Crippen LogP contribution in [0.1, 0.15) is 31.1 Å². The number of hydrogen-bond acceptors (Lipinski definition) is 6. The Balaban J connectivity index is 1.40. The van der Waals surface area contributed by atoms with E-state index in [0.717, 1.165) is 0 Å². The van der Waals surface area contributed by atoms with Crippen molar-refractivity contribution in [2.75, 3.05) is 13.2 Å². The normalized spacial score (nSPS) is 12.5. The number of nitrogens with zero attached hydrogens (tertiary/aromatic N) is 1. The van der Waals surface area contributed by atoms with Crippen LogP contribution in [0.3, 0.4) is 0 Å². The van der Waals surface area contributed by atoms with Crippen molar-refractivity contribution in [2.45, 2.75) is 0 Å². The van der Waals surface area contributed by atoms with Crippen LogP contribution in [0, 0.1) is 0 Å². The fourth-order valence-electron chi connectivity index (χ4n) is 2.97. The molecule has 0 saturated carbocycles. The van der Waals surface area contributed by atoms with Crippen molar-refractivity contribution in [3.8, 4) is 11.5 Å². The molecule has 30 heavy (non-hydrogen) atoms. The van der Waals surface area contributed by atoms with Gasteiger partial charge in [0.05, 0.1) is 11.1 Å². The first-order valence-corrected chi connectivity index (χ1v) is 9.25. The molecule has 0 N–H and O–H groups in total. The van der Waals surface area contributed by atoms with E-state index in [1.807, 2.05) is 30.3 Å². The molecule has 0 unspecified atom stereocenters. The summed E-state index contributed by atoms with van der Waals surface area (Å²) < 4.78 is 11.2. The van der Waals surface area contributed by atoms with Crippen LogP contribution in [-0.2, 0) is 4.84 Å². The summed E-state index contributed by atoms with van der Waals surface area (Å²) in [5.41, 5.74) is 0.476. The SMILES string of the molecule is O=C(ON1C(=O)c2ccccc2C1=O)c1ccccc1OCCOc1ccccc1. The lowest BCUT2D eigenvalue weighted by atomic mass is 10.1. The topological polar surface area (TPSA) is 82.1 Å². The molecule has 7 heteroatoms. The fraction of sp³-hybridized carbons (Fsp3) is 0.0870. The van der Waals surface area contributed by atoms with E-state index in [9.17, 15) is 14.4 Å². The van der Waals surface area contributed by atoms with E-state index in [-0.39, 0.29) is 35.7 Å². The smallest absolute Gasteiger partial charge is 0.367 e. The molecule has 3 aromatic carbocycles. The lowest BCUT2D eigenvalue weighted by Crippen LogP contribution is -2.32. The van der Waals surface area contributed by atoms with Gasteiger partial charge in [0, 0.05) is 0 Å². The van der Waals surface area contributed by atoms with Crippen LogP contribution in [0.2, 0.25) is 0 Å². The molecule has 0 bridgehead atoms. The van der Waals surface area contributed by atoms with Crippen molar-refractivity contribution in [2.24, 2.45) is 0 Å². The van der Waals surface area contributed by atoms with Gasteiger partial charge in [-0.15, -0.1) is 0 Å². The van der Waals surface area contributed by atoms with Gasteiger partial charge in [-0.3, -0.25) is 9.59 Å². The van der Waals surface area contributed by atoms with Crippen molar-refractivity contribution < 1.29 is 28.7 Å². The number of fused-ring (bicyclic) bond motifs is 1. The predicted molar refractivity (Wildman–Crippen MR) is 106 cm³/mol. The largest absolute Gasteiger partial charge is 0.490 e. The number of imide groups is 1. The quantitative estimate of drug-likeness (QED) is 0.444. The Morgan fingerprint density at radius 2 is 1.27 bits per heavy atom. The van der Waals surface area contributed by atoms with Crippen molar-refractivity contribution >= 4 is 17.8 Å². The van der Waals surface area contributed by atoms with Gasteiger partial charge in [0.2, 0.25) is 0 Å². The number of rotatable bonds is 7. The lowest BCUT2D eigenvalue weighted by molar-refractivity contribution is -0.0586. The summed E-state index contributed by atoms with van der Waals surface area (Å²) in [5.74, 6) is -1.27. The summed E-state index contributed by atoms with van der Waals surface area (Å²) in [4.78, 5) is 42.5. The predicted octanol–water partition coefficient (Wildman–Crippen LogP) is 3.51. The summed E-state index contributed by atoms with van der Waals surface area (Å²) >= 11 is 0. The standard InChI is InChI=1S/C23H17NO6/c25-21-17-10-4-5-11-18(17)22(26)24(21)30-23(27)19-12-6-7-13-20(19)29-15-14-28-16-8-2-1-3-9-16/h1-13H,14-15H2. The zero-order chi connectivity index (χ0) is 20.9. The average Bonchev–Trinajstić information content (AvgIpc) is 3.03. The van der Waals surface area contributed by atoms with Crippen LogP contribution in [-0.4, -0.2) is 36.1 Å². The lowest BCUT2D eigenvalue weighted by Gasteiger charge is -2.15. The molecular formula is C23H17NO6. The van der Waals surface area contributed by atoms with Gasteiger partial charge < -0.3 is 14.3 Å². The minimum atomic E-state index is -0.871. The summed E-state index contributed by atoms with van der Waals surface area (Å²) in [6, 6.07) is 22.0. The molecule has 3 aromatic rings. The number of para-hydroxylation sites is 2. The first-order chi connectivity index (χ1) is 14.6. The average molecular weight is 403 g/mol. The Labute approximate surface area is 172 Å². The van der Waals surface area contributed by atoms with Gasteiger partial charge in [-0.05, 0) is 36.4 Å². The zero-order valence-electron chi connectivity index (χ0n) is 15.8. The van der Waals surface area contributed by atoms with Gasteiger partial charge in [0.1, 0.15) is 30.3 Å². The maximum atomic E-state index is 12.6. The number of benzene rings is 3. The van der Waals surface area contributed by atoms with Gasteiger partial charge in [-0.2, -0.15) is 0 Å². The molecule has 1 aliphatic heterocycles. The third kappa shape index (κ3) is 3.86. The van der Waals surface area contributed by atoms with Crippen LogP contribution < -0.4 is 9.47 Å². The summed E-state index contributed by atoms with van der Waals surface area (Å²) in [6.45, 7) is 0.456. The molecule has 0 spiro atoms. The maximum absolute atomic E-state index is 12.6. The van der Waals surface area contributed by atoms with Crippen LogP contribution in [0.15, 0.2) is 78.9 Å². The van der Waals surface area contributed by atoms with Crippen molar-refractivity contribution in [1.82, 2.24) is 5.06 Å². The number of amides is 2. The zero-order valence-corrected chi connectivity index (χ0v) is 15.8. The van der Waals surface area contributed by atoms with E-state index in [0.29, 0.717) is 10.8 Å². The van der Waals surface area contributed by atoms with E-state index in [1.54, 1.807) is 30.3 Å². The molecule has 4 rings (SSSR count). The highest BCUT2D eigenvalue weighted by Crippen LogP contribution is 2.25. The fourth-order valence-corrected chi connectivity index (χ4v) is 2.97. The van der Waals surface area contributed by atoms with E-state index >= 15 is 0 Å². The van der Waals surface area contributed by atoms with Crippen LogP contribution >= 0.6 is 0 Å². The highest BCUT2D eigenvalue weighted by Gasteiger charge is 2.39. The van der Waals surface area contributed by atoms with E-state index in [2.05, 4.69) is 0 Å². The number of carbonyl (C=O) groups excluding carboxylic acids is 3. The molecule has 0 aromatic heterocycles. The van der Waals surface area contributed by atoms with E-state index in [4.69, 9.17) is 14.3 Å². The third-order valence-corrected chi connectivity index (χ3v) is 4.39. The van der Waals surface area contributed by atoms with Crippen molar-refractivity contribution in [1.29, 1.82) is 0 Å². The Morgan fingerprint density at radius 1 is 0.700 bits per heavy atom. The molecule has 150 valence electrons. The molecule has 0 saturated heterocycles. The molecular weight excluding hydrogens is 386 g/mol. The molecule has 0 aliphatic carbocycles. The van der Waals surface area contributed by atoms with Gasteiger partial charge in [-0.1, -0.05) is 47.5 Å². The second-order valence-electron chi connectivity index (χ2n) is 6.34. The first-order valence-electron chi connectivity index (χ1n) is 9.25. The molecule has 0 atom stereocenters. The summed E-state index contributed by atoms with van der Waals surface area (Å²) in [6.07, 6.45) is 0. The number of hydroxylamine groups is 2. The van der Waals surface area contributed by atoms with Crippen molar-refractivity contribution in [3.63, 3.8) is 0 Å². The molecule has 1 aliphatic rings.